The summed E-state index contributed by atoms with van der Waals surface area (Å²) in [5.41, 5.74) is 1.52. The van der Waals surface area contributed by atoms with Gasteiger partial charge in [-0.2, -0.15) is 0 Å². The molecule has 0 saturated heterocycles. The molecule has 0 heterocycles. The number of nitrogens with one attached hydrogen (secondary N) is 2. The van der Waals surface area contributed by atoms with Crippen LogP contribution in [0.25, 0.3) is 0 Å². The first-order valence-corrected chi connectivity index (χ1v) is 26.1. The van der Waals surface area contributed by atoms with Gasteiger partial charge in [-0.25, -0.2) is 28.8 Å². The lowest BCUT2D eigenvalue weighted by atomic mass is 9.48. The van der Waals surface area contributed by atoms with E-state index >= 15 is 0 Å². The lowest BCUT2D eigenvalue weighted by molar-refractivity contribution is -0.177. The number of carbonyl (C=O) groups is 8. The molecule has 2 amide bonds. The van der Waals surface area contributed by atoms with Crippen LogP contribution in [0.5, 0.6) is 0 Å². The van der Waals surface area contributed by atoms with Gasteiger partial charge in [-0.1, -0.05) is 42.6 Å². The van der Waals surface area contributed by atoms with Crippen LogP contribution in [0.15, 0.2) is 119 Å². The highest BCUT2D eigenvalue weighted by Gasteiger charge is 2.60. The molecule has 0 radical (unpaired) electrons. The maximum absolute atomic E-state index is 14.2. The Bertz CT molecular complexity index is 2920. The summed E-state index contributed by atoms with van der Waals surface area (Å²) >= 11 is 1.15. The molecule has 76 heavy (non-hydrogen) atoms. The summed E-state index contributed by atoms with van der Waals surface area (Å²) in [5, 5.41) is 5.37. The molecule has 17 heteroatoms. The zero-order valence-electron chi connectivity index (χ0n) is 43.7. The number of ether oxygens (including phenoxy) is 6. The molecule has 4 fully saturated rings. The minimum atomic E-state index is -0.817. The van der Waals surface area contributed by atoms with Crippen LogP contribution in [-0.2, 0) is 38.0 Å². The van der Waals surface area contributed by atoms with E-state index in [4.69, 9.17) is 28.4 Å². The summed E-state index contributed by atoms with van der Waals surface area (Å²) in [7, 11) is 1.42. The average molecular weight is 1060 g/mol. The standard InChI is InChI=1S/C59H64N2O14S/c1-34(2)52(64)73-37(6)21-23-70-56(68)46-19-17-44(26-48(46)50(62)60-8)76-45-18-20-47(57(69)71-24-22-38(7)74-53(65)35(3)4)49(27-45)51(63)61-43-15-13-42(14-16-43)55(67)75-59-30-39-25-40(31-59)29-58(28-39,32-59)33-72-54(66)41-11-9-36(5)10-12-41/h9-20,26-27,37-40H,1,3,21-25,28-33H2,2,4-8H3,(H,60,62)(H,61,63). The molecule has 0 aliphatic heterocycles. The fourth-order valence-corrected chi connectivity index (χ4v) is 11.3. The van der Waals surface area contributed by atoms with Crippen molar-refractivity contribution in [3.63, 3.8) is 0 Å². The molecule has 4 aromatic rings. The lowest BCUT2D eigenvalue weighted by Crippen LogP contribution is -2.58. The largest absolute Gasteiger partial charge is 0.462 e. The van der Waals surface area contributed by atoms with E-state index in [9.17, 15) is 38.4 Å². The topological polar surface area (TPSA) is 216 Å². The molecule has 0 aromatic heterocycles. The second kappa shape index (κ2) is 24.4. The summed E-state index contributed by atoms with van der Waals surface area (Å²) in [5.74, 6) is -4.13. The van der Waals surface area contributed by atoms with Crippen LogP contribution in [0.4, 0.5) is 5.69 Å². The first-order valence-electron chi connectivity index (χ1n) is 25.3. The molecule has 400 valence electrons. The smallest absolute Gasteiger partial charge is 0.338 e. The van der Waals surface area contributed by atoms with E-state index in [0.717, 1.165) is 49.4 Å². The van der Waals surface area contributed by atoms with Crippen molar-refractivity contribution in [2.75, 3.05) is 32.2 Å². The predicted octanol–water partition coefficient (Wildman–Crippen LogP) is 10.2. The average Bonchev–Trinajstić information content (AvgIpc) is 3.40. The second-order valence-corrected chi connectivity index (χ2v) is 21.6. The van der Waals surface area contributed by atoms with Crippen LogP contribution >= 0.6 is 11.8 Å². The van der Waals surface area contributed by atoms with Crippen LogP contribution in [0.3, 0.4) is 0 Å². The summed E-state index contributed by atoms with van der Waals surface area (Å²) in [6.07, 6.45) is 4.19. The van der Waals surface area contributed by atoms with Gasteiger partial charge < -0.3 is 39.1 Å². The highest BCUT2D eigenvalue weighted by atomic mass is 32.2. The minimum absolute atomic E-state index is 0.00777. The molecular weight excluding hydrogens is 993 g/mol. The Morgan fingerprint density at radius 3 is 1.61 bits per heavy atom. The third-order valence-corrected chi connectivity index (χ3v) is 14.8. The number of carbonyl (C=O) groups excluding carboxylic acids is 8. The van der Waals surface area contributed by atoms with Gasteiger partial charge in [0, 0.05) is 51.9 Å². The Morgan fingerprint density at radius 1 is 0.618 bits per heavy atom. The number of esters is 6. The van der Waals surface area contributed by atoms with Crippen LogP contribution in [0.1, 0.15) is 147 Å². The summed E-state index contributed by atoms with van der Waals surface area (Å²) in [4.78, 5) is 106. The fourth-order valence-electron chi connectivity index (χ4n) is 10.4. The Hall–Kier alpha value is -7.53. The number of rotatable bonds is 22. The van der Waals surface area contributed by atoms with E-state index in [1.807, 2.05) is 19.1 Å². The molecule has 4 aliphatic rings. The van der Waals surface area contributed by atoms with Crippen LogP contribution in [0.2, 0.25) is 0 Å². The zero-order valence-corrected chi connectivity index (χ0v) is 44.5. The highest BCUT2D eigenvalue weighted by Crippen LogP contribution is 2.63. The number of hydrogen-bond donors (Lipinski definition) is 2. The monoisotopic (exact) mass is 1060 g/mol. The van der Waals surface area contributed by atoms with E-state index in [1.54, 1.807) is 62.4 Å². The molecule has 4 atom stereocenters. The molecule has 8 rings (SSSR count). The lowest BCUT2D eigenvalue weighted by Gasteiger charge is -2.60. The van der Waals surface area contributed by atoms with Crippen molar-refractivity contribution in [3.8, 4) is 0 Å². The Balaban J connectivity index is 1.04. The number of amides is 2. The van der Waals surface area contributed by atoms with E-state index in [2.05, 4.69) is 23.8 Å². The Labute approximate surface area is 446 Å². The zero-order chi connectivity index (χ0) is 54.9. The van der Waals surface area contributed by atoms with Crippen molar-refractivity contribution in [2.45, 2.75) is 114 Å². The predicted molar refractivity (Wildman–Crippen MR) is 282 cm³/mol. The molecular formula is C59H64N2O14S. The molecule has 2 N–H and O–H groups in total. The van der Waals surface area contributed by atoms with Crippen molar-refractivity contribution < 1.29 is 66.8 Å². The number of hydrogen-bond acceptors (Lipinski definition) is 15. The van der Waals surface area contributed by atoms with Crippen molar-refractivity contribution >= 4 is 65.1 Å². The van der Waals surface area contributed by atoms with Crippen molar-refractivity contribution in [1.82, 2.24) is 5.32 Å². The molecule has 4 bridgehead atoms. The molecule has 4 aliphatic carbocycles. The van der Waals surface area contributed by atoms with Gasteiger partial charge in [0.1, 0.15) is 17.8 Å². The van der Waals surface area contributed by atoms with Crippen molar-refractivity contribution in [3.05, 3.63) is 148 Å². The van der Waals surface area contributed by atoms with Gasteiger partial charge in [0.2, 0.25) is 0 Å². The van der Waals surface area contributed by atoms with E-state index in [0.29, 0.717) is 39.3 Å². The number of anilines is 1. The minimum Gasteiger partial charge on any atom is -0.462 e. The maximum Gasteiger partial charge on any atom is 0.338 e. The first-order chi connectivity index (χ1) is 36.1. The molecule has 4 unspecified atom stereocenters. The van der Waals surface area contributed by atoms with Gasteiger partial charge in [0.05, 0.1) is 53.2 Å². The van der Waals surface area contributed by atoms with Crippen molar-refractivity contribution in [1.29, 1.82) is 0 Å². The third kappa shape index (κ3) is 14.2. The fraction of sp³-hybridized carbons (Fsp3) is 0.390. The van der Waals surface area contributed by atoms with Gasteiger partial charge >= 0.3 is 35.8 Å². The van der Waals surface area contributed by atoms with Gasteiger partial charge in [-0.15, -0.1) is 0 Å². The summed E-state index contributed by atoms with van der Waals surface area (Å²) in [6, 6.07) is 22.6. The third-order valence-electron chi connectivity index (χ3n) is 13.8. The molecule has 4 saturated carbocycles. The summed E-state index contributed by atoms with van der Waals surface area (Å²) in [6.45, 7) is 15.5. The first kappa shape index (κ1) is 56.2. The quantitative estimate of drug-likeness (QED) is 0.0425. The summed E-state index contributed by atoms with van der Waals surface area (Å²) < 4.78 is 33.9. The van der Waals surface area contributed by atoms with Crippen LogP contribution in [-0.4, -0.2) is 92.3 Å². The maximum atomic E-state index is 14.2. The Kier molecular flexibility index (Phi) is 18.1. The van der Waals surface area contributed by atoms with Gasteiger partial charge in [0.15, 0.2) is 0 Å². The van der Waals surface area contributed by atoms with E-state index < -0.39 is 59.5 Å². The van der Waals surface area contributed by atoms with Gasteiger partial charge in [-0.3, -0.25) is 9.59 Å². The molecule has 16 nitrogen and oxygen atoms in total. The Morgan fingerprint density at radius 2 is 1.11 bits per heavy atom. The number of benzene rings is 4. The number of aryl methyl sites for hydroxylation is 1. The highest BCUT2D eigenvalue weighted by molar-refractivity contribution is 7.99. The van der Waals surface area contributed by atoms with Gasteiger partial charge in [0.25, 0.3) is 11.8 Å². The normalized spacial score (nSPS) is 19.7. The SMILES string of the molecule is C=C(C)C(=O)OC(C)CCOC(=O)c1ccc(Sc2ccc(C(=O)OCCC(C)OC(=O)C(=C)C)c(C(=O)Nc3ccc(C(=O)OC45CC6CC(CC(COC(=O)c7ccc(C)cc7)(C6)C4)C5)cc3)c2)cc1C(=O)NC. The molecule has 4 aromatic carbocycles. The van der Waals surface area contributed by atoms with E-state index in [-0.39, 0.29) is 83.0 Å². The van der Waals surface area contributed by atoms with E-state index in [1.165, 1.54) is 45.2 Å². The second-order valence-electron chi connectivity index (χ2n) is 20.4. The van der Waals surface area contributed by atoms with Gasteiger partial charge in [-0.05, 0) is 158 Å². The van der Waals surface area contributed by atoms with Crippen LogP contribution < -0.4 is 10.6 Å². The van der Waals surface area contributed by atoms with Crippen molar-refractivity contribution in [2.24, 2.45) is 17.3 Å². The molecule has 0 spiro atoms. The van der Waals surface area contributed by atoms with Crippen LogP contribution in [0, 0.1) is 24.2 Å².